The van der Waals surface area contributed by atoms with Gasteiger partial charge in [0.1, 0.15) is 11.9 Å². The Kier molecular flexibility index (Phi) is 6.34. The van der Waals surface area contributed by atoms with Crippen LogP contribution in [0, 0.1) is 11.7 Å². The number of aliphatic carboxylic acids is 1. The summed E-state index contributed by atoms with van der Waals surface area (Å²) >= 11 is 0. The first-order valence-corrected chi connectivity index (χ1v) is 7.12. The molecular weight excluding hydrogens is 273 g/mol. The molecule has 2 N–H and O–H groups in total. The minimum atomic E-state index is -1.02. The number of carbonyl (C=O) groups is 2. The van der Waals surface area contributed by atoms with Gasteiger partial charge in [-0.05, 0) is 29.5 Å². The smallest absolute Gasteiger partial charge is 0.326 e. The third-order valence-corrected chi connectivity index (χ3v) is 3.73. The molecule has 0 aromatic heterocycles. The van der Waals surface area contributed by atoms with Gasteiger partial charge in [0.25, 0.3) is 0 Å². The molecule has 5 heteroatoms. The number of carboxylic acids is 1. The molecule has 1 rings (SSSR count). The number of rotatable bonds is 7. The summed E-state index contributed by atoms with van der Waals surface area (Å²) < 4.78 is 12.9. The van der Waals surface area contributed by atoms with Gasteiger partial charge in [-0.2, -0.15) is 0 Å². The van der Waals surface area contributed by atoms with Gasteiger partial charge in [-0.3, -0.25) is 4.79 Å². The Morgan fingerprint density at radius 3 is 2.29 bits per heavy atom. The molecule has 1 aromatic carbocycles. The molecule has 0 saturated carbocycles. The van der Waals surface area contributed by atoms with Crippen molar-refractivity contribution in [1.82, 2.24) is 5.32 Å². The van der Waals surface area contributed by atoms with Gasteiger partial charge >= 0.3 is 5.97 Å². The Hall–Kier alpha value is -1.91. The van der Waals surface area contributed by atoms with Crippen LogP contribution in [0.25, 0.3) is 0 Å². The molecule has 116 valence electrons. The molecule has 0 aliphatic heterocycles. The van der Waals surface area contributed by atoms with Crippen LogP contribution in [-0.4, -0.2) is 23.0 Å². The van der Waals surface area contributed by atoms with Gasteiger partial charge in [-0.15, -0.1) is 0 Å². The van der Waals surface area contributed by atoms with Gasteiger partial charge in [0.2, 0.25) is 5.91 Å². The van der Waals surface area contributed by atoms with Crippen molar-refractivity contribution in [2.75, 3.05) is 0 Å². The minimum absolute atomic E-state index is 0.100. The Morgan fingerprint density at radius 2 is 1.81 bits per heavy atom. The molecule has 0 saturated heterocycles. The zero-order chi connectivity index (χ0) is 16.0. The second-order valence-corrected chi connectivity index (χ2v) is 5.43. The lowest BCUT2D eigenvalue weighted by Gasteiger charge is -2.21. The van der Waals surface area contributed by atoms with E-state index in [1.807, 2.05) is 13.8 Å². The molecule has 4 nitrogen and oxygen atoms in total. The predicted octanol–water partition coefficient (Wildman–Crippen LogP) is 2.93. The highest BCUT2D eigenvalue weighted by Gasteiger charge is 2.25. The van der Waals surface area contributed by atoms with Gasteiger partial charge in [0.15, 0.2) is 0 Å². The molecule has 0 radical (unpaired) electrons. The van der Waals surface area contributed by atoms with E-state index >= 15 is 0 Å². The van der Waals surface area contributed by atoms with E-state index in [1.54, 1.807) is 19.1 Å². The third-order valence-electron chi connectivity index (χ3n) is 3.73. The summed E-state index contributed by atoms with van der Waals surface area (Å²) in [6.07, 6.45) is 0.844. The summed E-state index contributed by atoms with van der Waals surface area (Å²) in [7, 11) is 0. The molecule has 21 heavy (non-hydrogen) atoms. The zero-order valence-electron chi connectivity index (χ0n) is 12.6. The molecule has 1 unspecified atom stereocenters. The first-order valence-electron chi connectivity index (χ1n) is 7.12. The SMILES string of the molecule is CC[C@H](C)[C@H](NC(=O)CC(C)c1ccc(F)cc1)C(=O)O. The number of carbonyl (C=O) groups excluding carboxylic acids is 1. The quantitative estimate of drug-likeness (QED) is 0.812. The van der Waals surface area contributed by atoms with Crippen LogP contribution in [0.3, 0.4) is 0 Å². The maximum absolute atomic E-state index is 12.9. The number of amides is 1. The van der Waals surface area contributed by atoms with E-state index in [0.29, 0.717) is 6.42 Å². The molecular formula is C16H22FNO3. The second kappa shape index (κ2) is 7.76. The maximum atomic E-state index is 12.9. The van der Waals surface area contributed by atoms with E-state index in [0.717, 1.165) is 5.56 Å². The van der Waals surface area contributed by atoms with Crippen molar-refractivity contribution < 1.29 is 19.1 Å². The van der Waals surface area contributed by atoms with Crippen molar-refractivity contribution in [2.24, 2.45) is 5.92 Å². The van der Waals surface area contributed by atoms with Gasteiger partial charge in [-0.1, -0.05) is 39.3 Å². The van der Waals surface area contributed by atoms with Gasteiger partial charge in [-0.25, -0.2) is 9.18 Å². The van der Waals surface area contributed by atoms with E-state index in [1.165, 1.54) is 12.1 Å². The number of hydrogen-bond donors (Lipinski definition) is 2. The molecule has 0 heterocycles. The Morgan fingerprint density at radius 1 is 1.24 bits per heavy atom. The molecule has 0 bridgehead atoms. The molecule has 1 amide bonds. The van der Waals surface area contributed by atoms with E-state index < -0.39 is 12.0 Å². The largest absolute Gasteiger partial charge is 0.480 e. The molecule has 1 aromatic rings. The highest BCUT2D eigenvalue weighted by molar-refractivity contribution is 5.84. The monoisotopic (exact) mass is 295 g/mol. The normalized spacial score (nSPS) is 15.0. The molecule has 0 aliphatic carbocycles. The van der Waals surface area contributed by atoms with E-state index in [2.05, 4.69) is 5.32 Å². The maximum Gasteiger partial charge on any atom is 0.326 e. The highest BCUT2D eigenvalue weighted by atomic mass is 19.1. The van der Waals surface area contributed by atoms with Crippen molar-refractivity contribution in [3.8, 4) is 0 Å². The lowest BCUT2D eigenvalue weighted by atomic mass is 9.96. The summed E-state index contributed by atoms with van der Waals surface area (Å²) in [5.41, 5.74) is 0.849. The first-order chi connectivity index (χ1) is 9.85. The Bertz CT molecular complexity index is 487. The van der Waals surface area contributed by atoms with Crippen LogP contribution < -0.4 is 5.32 Å². The fourth-order valence-electron chi connectivity index (χ4n) is 2.10. The van der Waals surface area contributed by atoms with Crippen LogP contribution >= 0.6 is 0 Å². The second-order valence-electron chi connectivity index (χ2n) is 5.43. The number of nitrogens with one attached hydrogen (secondary N) is 1. The highest BCUT2D eigenvalue weighted by Crippen LogP contribution is 2.19. The predicted molar refractivity (Wildman–Crippen MR) is 78.5 cm³/mol. The van der Waals surface area contributed by atoms with E-state index in [-0.39, 0.29) is 30.0 Å². The van der Waals surface area contributed by atoms with Crippen molar-refractivity contribution in [1.29, 1.82) is 0 Å². The lowest BCUT2D eigenvalue weighted by molar-refractivity contribution is -0.143. The van der Waals surface area contributed by atoms with Crippen LogP contribution in [0.1, 0.15) is 45.1 Å². The van der Waals surface area contributed by atoms with Crippen LogP contribution in [0.15, 0.2) is 24.3 Å². The van der Waals surface area contributed by atoms with Crippen molar-refractivity contribution in [3.63, 3.8) is 0 Å². The summed E-state index contributed by atoms with van der Waals surface area (Å²) in [6, 6.07) is 5.10. The number of carboxylic acid groups (broad SMARTS) is 1. The standard InChI is InChI=1S/C16H22FNO3/c1-4-10(2)15(16(20)21)18-14(19)9-11(3)12-5-7-13(17)8-6-12/h5-8,10-11,15H,4,9H2,1-3H3,(H,18,19)(H,20,21)/t10-,11?,15-/m0/s1. The summed E-state index contributed by atoms with van der Waals surface area (Å²) in [5, 5.41) is 11.7. The lowest BCUT2D eigenvalue weighted by Crippen LogP contribution is -2.45. The molecule has 0 aliphatic rings. The Balaban J connectivity index is 2.63. The van der Waals surface area contributed by atoms with Gasteiger partial charge in [0.05, 0.1) is 0 Å². The fraction of sp³-hybridized carbons (Fsp3) is 0.500. The average molecular weight is 295 g/mol. The average Bonchev–Trinajstić information content (AvgIpc) is 2.44. The number of hydrogen-bond acceptors (Lipinski definition) is 2. The van der Waals surface area contributed by atoms with Crippen molar-refractivity contribution in [2.45, 2.75) is 45.6 Å². The summed E-state index contributed by atoms with van der Waals surface area (Å²) in [5.74, 6) is -1.88. The number of benzene rings is 1. The Labute approximate surface area is 124 Å². The molecule has 0 fully saturated rings. The van der Waals surface area contributed by atoms with Crippen LogP contribution in [0.2, 0.25) is 0 Å². The van der Waals surface area contributed by atoms with Crippen molar-refractivity contribution in [3.05, 3.63) is 35.6 Å². The third kappa shape index (κ3) is 5.17. The molecule has 3 atom stereocenters. The number of halogens is 1. The summed E-state index contributed by atoms with van der Waals surface area (Å²) in [6.45, 7) is 5.53. The van der Waals surface area contributed by atoms with Crippen molar-refractivity contribution >= 4 is 11.9 Å². The topological polar surface area (TPSA) is 66.4 Å². The van der Waals surface area contributed by atoms with Gasteiger partial charge in [0, 0.05) is 6.42 Å². The fourth-order valence-corrected chi connectivity index (χ4v) is 2.10. The van der Waals surface area contributed by atoms with Gasteiger partial charge < -0.3 is 10.4 Å². The van der Waals surface area contributed by atoms with Crippen LogP contribution in [-0.2, 0) is 9.59 Å². The van der Waals surface area contributed by atoms with E-state index in [9.17, 15) is 14.0 Å². The van der Waals surface area contributed by atoms with Crippen LogP contribution in [0.5, 0.6) is 0 Å². The molecule has 0 spiro atoms. The zero-order valence-corrected chi connectivity index (χ0v) is 12.6. The van der Waals surface area contributed by atoms with Crippen LogP contribution in [0.4, 0.5) is 4.39 Å². The van der Waals surface area contributed by atoms with E-state index in [4.69, 9.17) is 5.11 Å². The minimum Gasteiger partial charge on any atom is -0.480 e. The first kappa shape index (κ1) is 17.1. The summed E-state index contributed by atoms with van der Waals surface area (Å²) in [4.78, 5) is 23.2.